The van der Waals surface area contributed by atoms with Crippen LogP contribution >= 0.6 is 0 Å². The third-order valence-electron chi connectivity index (χ3n) is 6.30. The van der Waals surface area contributed by atoms with Gasteiger partial charge in [-0.15, -0.1) is 0 Å². The number of nitrogens with two attached hydrogens (primary N) is 1. The molecule has 0 spiro atoms. The van der Waals surface area contributed by atoms with E-state index in [9.17, 15) is 0 Å². The lowest BCUT2D eigenvalue weighted by Crippen LogP contribution is -2.37. The summed E-state index contributed by atoms with van der Waals surface area (Å²) in [6.07, 6.45) is 0.716. The Morgan fingerprint density at radius 1 is 0.972 bits per heavy atom. The van der Waals surface area contributed by atoms with Gasteiger partial charge >= 0.3 is 0 Å². The first-order valence-corrected chi connectivity index (χ1v) is 12.0. The number of nitrogen functional groups attached to an aromatic ring is 1. The van der Waals surface area contributed by atoms with Crippen LogP contribution in [0.25, 0.3) is 11.2 Å². The van der Waals surface area contributed by atoms with Gasteiger partial charge in [-0.1, -0.05) is 23.8 Å². The summed E-state index contributed by atoms with van der Waals surface area (Å²) in [5, 5.41) is 3.35. The first kappa shape index (κ1) is 23.7. The number of ether oxygens (including phenoxy) is 3. The van der Waals surface area contributed by atoms with Gasteiger partial charge in [-0.25, -0.2) is 4.98 Å². The Kier molecular flexibility index (Phi) is 6.77. The molecule has 0 amide bonds. The van der Waals surface area contributed by atoms with Crippen LogP contribution in [0.4, 0.5) is 23.4 Å². The minimum absolute atomic E-state index is 0.404. The number of nitrogens with zero attached hydrogens (tertiary/aromatic N) is 5. The van der Waals surface area contributed by atoms with Gasteiger partial charge in [0.05, 0.1) is 27.4 Å². The van der Waals surface area contributed by atoms with Crippen molar-refractivity contribution in [2.24, 2.45) is 0 Å². The Morgan fingerprint density at radius 2 is 1.72 bits per heavy atom. The topological polar surface area (TPSA) is 113 Å². The zero-order chi connectivity index (χ0) is 25.1. The van der Waals surface area contributed by atoms with Crippen LogP contribution in [0, 0.1) is 6.92 Å². The maximum Gasteiger partial charge on any atom is 0.231 e. The number of morpholine rings is 1. The second-order valence-corrected chi connectivity index (χ2v) is 8.69. The lowest BCUT2D eigenvalue weighted by atomic mass is 10.1. The first-order chi connectivity index (χ1) is 17.6. The van der Waals surface area contributed by atoms with Crippen LogP contribution in [-0.4, -0.2) is 60.0 Å². The highest BCUT2D eigenvalue weighted by Crippen LogP contribution is 2.30. The number of fused-ring (bicyclic) bond motifs is 1. The molecule has 36 heavy (non-hydrogen) atoms. The molecule has 1 saturated heterocycles. The van der Waals surface area contributed by atoms with Gasteiger partial charge in [0.25, 0.3) is 0 Å². The number of imidazole rings is 1. The van der Waals surface area contributed by atoms with Crippen LogP contribution in [0.5, 0.6) is 11.5 Å². The Morgan fingerprint density at radius 3 is 2.44 bits per heavy atom. The molecular formula is C26H31N7O3. The molecule has 2 aromatic carbocycles. The first-order valence-electron chi connectivity index (χ1n) is 12.0. The average Bonchev–Trinajstić information content (AvgIpc) is 3.23. The summed E-state index contributed by atoms with van der Waals surface area (Å²) in [5.41, 5.74) is 11.0. The molecule has 0 atom stereocenters. The van der Waals surface area contributed by atoms with Gasteiger partial charge in [-0.3, -0.25) is 4.57 Å². The molecule has 1 fully saturated rings. The smallest absolute Gasteiger partial charge is 0.231 e. The van der Waals surface area contributed by atoms with Crippen molar-refractivity contribution in [2.75, 3.05) is 56.5 Å². The van der Waals surface area contributed by atoms with Crippen molar-refractivity contribution < 1.29 is 14.2 Å². The van der Waals surface area contributed by atoms with E-state index in [1.807, 2.05) is 34.9 Å². The van der Waals surface area contributed by atoms with Crippen molar-refractivity contribution in [1.82, 2.24) is 19.5 Å². The molecular weight excluding hydrogens is 458 g/mol. The fraction of sp³-hybridized carbons (Fsp3) is 0.346. The number of hydrogen-bond donors (Lipinski definition) is 2. The van der Waals surface area contributed by atoms with Crippen molar-refractivity contribution in [3.8, 4) is 11.5 Å². The van der Waals surface area contributed by atoms with Crippen LogP contribution in [0.3, 0.4) is 0 Å². The number of benzene rings is 2. The SMILES string of the molecule is COc1ccc(CCn2c(N)nc3c(N4CCOCC4)nc(Nc4ccc(C)cc4)nc32)cc1OC. The van der Waals surface area contributed by atoms with Crippen molar-refractivity contribution >= 4 is 34.6 Å². The highest BCUT2D eigenvalue weighted by Gasteiger charge is 2.22. The third kappa shape index (κ3) is 4.85. The van der Waals surface area contributed by atoms with Gasteiger partial charge < -0.3 is 30.2 Å². The van der Waals surface area contributed by atoms with Crippen molar-refractivity contribution in [3.63, 3.8) is 0 Å². The van der Waals surface area contributed by atoms with E-state index in [4.69, 9.17) is 29.9 Å². The van der Waals surface area contributed by atoms with Crippen LogP contribution in [-0.2, 0) is 17.7 Å². The molecule has 10 nitrogen and oxygen atoms in total. The van der Waals surface area contributed by atoms with Crippen molar-refractivity contribution in [2.45, 2.75) is 19.9 Å². The standard InChI is InChI=1S/C26H31N7O3/c1-17-4-7-19(8-5-17)28-26-30-23(32-12-14-36-15-13-32)22-24(31-26)33(25(27)29-22)11-10-18-6-9-20(34-2)21(16-18)35-3/h4-9,16H,10-15H2,1-3H3,(H2,27,29)(H,28,30,31). The number of aromatic nitrogens is 4. The van der Waals surface area contributed by atoms with Crippen LogP contribution in [0.15, 0.2) is 42.5 Å². The predicted octanol–water partition coefficient (Wildman–Crippen LogP) is 3.56. The molecule has 0 radical (unpaired) electrons. The Labute approximate surface area is 210 Å². The summed E-state index contributed by atoms with van der Waals surface area (Å²) in [5.74, 6) is 3.06. The van der Waals surface area contributed by atoms with Gasteiger partial charge in [-0.2, -0.15) is 9.97 Å². The molecule has 4 aromatic rings. The normalized spacial score (nSPS) is 13.7. The second-order valence-electron chi connectivity index (χ2n) is 8.69. The van der Waals surface area contributed by atoms with Crippen LogP contribution < -0.4 is 25.4 Å². The molecule has 0 unspecified atom stereocenters. The van der Waals surface area contributed by atoms with E-state index in [-0.39, 0.29) is 0 Å². The summed E-state index contributed by atoms with van der Waals surface area (Å²) < 4.78 is 18.3. The number of methoxy groups -OCH3 is 2. The maximum absolute atomic E-state index is 6.41. The number of aryl methyl sites for hydroxylation is 3. The number of hydrogen-bond acceptors (Lipinski definition) is 9. The quantitative estimate of drug-likeness (QED) is 0.384. The molecule has 10 heteroatoms. The zero-order valence-corrected chi connectivity index (χ0v) is 20.8. The summed E-state index contributed by atoms with van der Waals surface area (Å²) in [6.45, 7) is 5.40. The third-order valence-corrected chi connectivity index (χ3v) is 6.30. The van der Waals surface area contributed by atoms with E-state index < -0.39 is 0 Å². The summed E-state index contributed by atoms with van der Waals surface area (Å²) in [6, 6.07) is 14.0. The fourth-order valence-electron chi connectivity index (χ4n) is 4.32. The molecule has 3 N–H and O–H groups in total. The van der Waals surface area contributed by atoms with E-state index in [0.717, 1.165) is 30.2 Å². The van der Waals surface area contributed by atoms with E-state index in [0.29, 0.717) is 60.7 Å². The van der Waals surface area contributed by atoms with Gasteiger partial charge in [0.2, 0.25) is 11.9 Å². The summed E-state index contributed by atoms with van der Waals surface area (Å²) >= 11 is 0. The highest BCUT2D eigenvalue weighted by molar-refractivity contribution is 5.87. The van der Waals surface area contributed by atoms with E-state index in [1.54, 1.807) is 14.2 Å². The second kappa shape index (κ2) is 10.3. The molecule has 3 heterocycles. The largest absolute Gasteiger partial charge is 0.493 e. The van der Waals surface area contributed by atoms with E-state index in [1.165, 1.54) is 5.56 Å². The van der Waals surface area contributed by atoms with E-state index in [2.05, 4.69) is 34.3 Å². The highest BCUT2D eigenvalue weighted by atomic mass is 16.5. The molecule has 0 bridgehead atoms. The van der Waals surface area contributed by atoms with E-state index >= 15 is 0 Å². The predicted molar refractivity (Wildman–Crippen MR) is 140 cm³/mol. The molecule has 0 saturated carbocycles. The maximum atomic E-state index is 6.41. The van der Waals surface area contributed by atoms with Gasteiger partial charge in [0.15, 0.2) is 28.5 Å². The minimum Gasteiger partial charge on any atom is -0.493 e. The van der Waals surface area contributed by atoms with Crippen LogP contribution in [0.1, 0.15) is 11.1 Å². The van der Waals surface area contributed by atoms with Crippen molar-refractivity contribution in [3.05, 3.63) is 53.6 Å². The van der Waals surface area contributed by atoms with Gasteiger partial charge in [-0.05, 0) is 43.2 Å². The lowest BCUT2D eigenvalue weighted by Gasteiger charge is -2.28. The summed E-state index contributed by atoms with van der Waals surface area (Å²) in [7, 11) is 3.26. The average molecular weight is 490 g/mol. The van der Waals surface area contributed by atoms with Crippen LogP contribution in [0.2, 0.25) is 0 Å². The Bertz CT molecular complexity index is 1350. The fourth-order valence-corrected chi connectivity index (χ4v) is 4.32. The monoisotopic (exact) mass is 489 g/mol. The molecule has 5 rings (SSSR count). The Hall–Kier alpha value is -4.05. The Balaban J connectivity index is 1.51. The number of nitrogens with one attached hydrogen (secondary N) is 1. The zero-order valence-electron chi connectivity index (χ0n) is 20.8. The number of anilines is 4. The molecule has 188 valence electrons. The van der Waals surface area contributed by atoms with Gasteiger partial charge in [0, 0.05) is 25.3 Å². The molecule has 0 aliphatic carbocycles. The van der Waals surface area contributed by atoms with Gasteiger partial charge in [0.1, 0.15) is 0 Å². The molecule has 1 aliphatic rings. The summed E-state index contributed by atoms with van der Waals surface area (Å²) in [4.78, 5) is 16.5. The van der Waals surface area contributed by atoms with Crippen molar-refractivity contribution in [1.29, 1.82) is 0 Å². The lowest BCUT2D eigenvalue weighted by molar-refractivity contribution is 0.122. The minimum atomic E-state index is 0.404. The number of rotatable bonds is 8. The molecule has 1 aliphatic heterocycles. The molecule has 2 aromatic heterocycles.